The summed E-state index contributed by atoms with van der Waals surface area (Å²) >= 11 is 0. The smallest absolute Gasteiger partial charge is 0.237 e. The standard InChI is InChI=1S/C13H20N2O/c16-13(9-2-1-5-14-9)15-12-10-7-3-4-8(6-7)11(10)12/h7-12,14H,1-6H2,(H,15,16)/t7?,8?,9-,10?,11?,12?/m0/s1. The average molecular weight is 220 g/mol. The van der Waals surface area contributed by atoms with Gasteiger partial charge in [0, 0.05) is 6.04 Å². The predicted octanol–water partition coefficient (Wildman–Crippen LogP) is 0.899. The van der Waals surface area contributed by atoms with Crippen molar-refractivity contribution in [2.75, 3.05) is 6.54 Å². The third-order valence-corrected chi connectivity index (χ3v) is 5.42. The molecule has 1 saturated heterocycles. The highest BCUT2D eigenvalue weighted by molar-refractivity contribution is 5.82. The van der Waals surface area contributed by atoms with E-state index in [2.05, 4.69) is 10.6 Å². The minimum atomic E-state index is 0.110. The van der Waals surface area contributed by atoms with Gasteiger partial charge in [0.25, 0.3) is 0 Å². The normalized spacial score (nSPS) is 52.8. The van der Waals surface area contributed by atoms with Crippen LogP contribution >= 0.6 is 0 Å². The third-order valence-electron chi connectivity index (χ3n) is 5.42. The van der Waals surface area contributed by atoms with Crippen molar-refractivity contribution < 1.29 is 4.79 Å². The summed E-state index contributed by atoms with van der Waals surface area (Å²) in [6.07, 6.45) is 6.50. The Morgan fingerprint density at radius 3 is 2.50 bits per heavy atom. The van der Waals surface area contributed by atoms with E-state index in [1.54, 1.807) is 0 Å². The van der Waals surface area contributed by atoms with Gasteiger partial charge in [-0.25, -0.2) is 0 Å². The summed E-state index contributed by atoms with van der Waals surface area (Å²) in [6, 6.07) is 0.667. The van der Waals surface area contributed by atoms with Crippen LogP contribution in [0, 0.1) is 23.7 Å². The summed E-state index contributed by atoms with van der Waals surface area (Å²) < 4.78 is 0. The first-order valence-corrected chi connectivity index (χ1v) is 6.88. The first kappa shape index (κ1) is 9.46. The van der Waals surface area contributed by atoms with Crippen molar-refractivity contribution in [1.82, 2.24) is 10.6 Å². The van der Waals surface area contributed by atoms with Crippen molar-refractivity contribution in [1.29, 1.82) is 0 Å². The maximum absolute atomic E-state index is 12.0. The minimum absolute atomic E-state index is 0.110. The number of carbonyl (C=O) groups is 1. The van der Waals surface area contributed by atoms with Gasteiger partial charge >= 0.3 is 0 Å². The van der Waals surface area contributed by atoms with Gasteiger partial charge in [-0.05, 0) is 62.3 Å². The van der Waals surface area contributed by atoms with Crippen molar-refractivity contribution in [2.45, 2.75) is 44.2 Å². The van der Waals surface area contributed by atoms with Crippen molar-refractivity contribution in [3.05, 3.63) is 0 Å². The molecule has 4 rings (SSSR count). The molecule has 2 N–H and O–H groups in total. The number of carbonyl (C=O) groups excluding carboxylic acids is 1. The van der Waals surface area contributed by atoms with Gasteiger partial charge in [-0.2, -0.15) is 0 Å². The number of fused-ring (bicyclic) bond motifs is 5. The van der Waals surface area contributed by atoms with Crippen LogP contribution in [0.3, 0.4) is 0 Å². The highest BCUT2D eigenvalue weighted by Crippen LogP contribution is 2.65. The Balaban J connectivity index is 1.38. The van der Waals surface area contributed by atoms with E-state index in [1.165, 1.54) is 19.3 Å². The zero-order valence-electron chi connectivity index (χ0n) is 9.61. The number of amides is 1. The molecule has 0 spiro atoms. The Morgan fingerprint density at radius 1 is 1.12 bits per heavy atom. The fourth-order valence-corrected chi connectivity index (χ4v) is 4.69. The molecule has 2 bridgehead atoms. The minimum Gasteiger partial charge on any atom is -0.351 e. The molecule has 88 valence electrons. The molecule has 1 aliphatic heterocycles. The zero-order valence-corrected chi connectivity index (χ0v) is 9.61. The van der Waals surface area contributed by atoms with E-state index in [4.69, 9.17) is 0 Å². The Morgan fingerprint density at radius 2 is 1.88 bits per heavy atom. The Kier molecular flexibility index (Phi) is 1.90. The summed E-state index contributed by atoms with van der Waals surface area (Å²) in [4.78, 5) is 12.0. The second-order valence-corrected chi connectivity index (χ2v) is 6.17. The lowest BCUT2D eigenvalue weighted by atomic mass is 10.0. The highest BCUT2D eigenvalue weighted by atomic mass is 16.2. The van der Waals surface area contributed by atoms with E-state index in [0.717, 1.165) is 43.1 Å². The lowest BCUT2D eigenvalue weighted by Crippen LogP contribution is -2.42. The van der Waals surface area contributed by atoms with Crippen LogP contribution in [-0.4, -0.2) is 24.5 Å². The molecule has 5 atom stereocenters. The molecule has 0 aromatic heterocycles. The van der Waals surface area contributed by atoms with E-state index in [9.17, 15) is 4.79 Å². The van der Waals surface area contributed by atoms with E-state index in [0.29, 0.717) is 6.04 Å². The molecule has 3 heteroatoms. The SMILES string of the molecule is O=C(NC1C2C3CCC(C3)C12)[C@@H]1CCCN1. The largest absolute Gasteiger partial charge is 0.351 e. The van der Waals surface area contributed by atoms with Gasteiger partial charge in [0.05, 0.1) is 6.04 Å². The fourth-order valence-electron chi connectivity index (χ4n) is 4.69. The Bertz CT molecular complexity index is 308. The molecule has 0 radical (unpaired) electrons. The lowest BCUT2D eigenvalue weighted by Gasteiger charge is -2.14. The monoisotopic (exact) mass is 220 g/mol. The molecule has 4 fully saturated rings. The summed E-state index contributed by atoms with van der Waals surface area (Å²) in [6.45, 7) is 1.01. The fraction of sp³-hybridized carbons (Fsp3) is 0.923. The van der Waals surface area contributed by atoms with Crippen LogP contribution in [0.4, 0.5) is 0 Å². The molecule has 0 aromatic rings. The Hall–Kier alpha value is -0.570. The molecule has 4 aliphatic rings. The summed E-state index contributed by atoms with van der Waals surface area (Å²) in [5.74, 6) is 3.91. The van der Waals surface area contributed by atoms with Crippen LogP contribution in [0.2, 0.25) is 0 Å². The number of nitrogens with one attached hydrogen (secondary N) is 2. The highest BCUT2D eigenvalue weighted by Gasteiger charge is 2.65. The first-order valence-electron chi connectivity index (χ1n) is 6.88. The second-order valence-electron chi connectivity index (χ2n) is 6.17. The number of rotatable bonds is 2. The van der Waals surface area contributed by atoms with Crippen LogP contribution in [0.15, 0.2) is 0 Å². The molecule has 3 aliphatic carbocycles. The maximum atomic E-state index is 12.0. The van der Waals surface area contributed by atoms with Gasteiger partial charge in [-0.15, -0.1) is 0 Å². The molecule has 16 heavy (non-hydrogen) atoms. The van der Waals surface area contributed by atoms with Gasteiger partial charge < -0.3 is 10.6 Å². The van der Waals surface area contributed by atoms with Gasteiger partial charge in [0.1, 0.15) is 0 Å². The predicted molar refractivity (Wildman–Crippen MR) is 60.8 cm³/mol. The van der Waals surface area contributed by atoms with Gasteiger partial charge in [-0.1, -0.05) is 0 Å². The van der Waals surface area contributed by atoms with E-state index >= 15 is 0 Å². The van der Waals surface area contributed by atoms with Gasteiger partial charge in [-0.3, -0.25) is 4.79 Å². The van der Waals surface area contributed by atoms with Crippen LogP contribution in [0.5, 0.6) is 0 Å². The summed E-state index contributed by atoms with van der Waals surface area (Å²) in [7, 11) is 0. The van der Waals surface area contributed by atoms with Gasteiger partial charge in [0.15, 0.2) is 0 Å². The van der Waals surface area contributed by atoms with E-state index in [-0.39, 0.29) is 11.9 Å². The quantitative estimate of drug-likeness (QED) is 0.726. The first-order chi connectivity index (χ1) is 7.84. The topological polar surface area (TPSA) is 41.1 Å². The average Bonchev–Trinajstić information content (AvgIpc) is 2.81. The van der Waals surface area contributed by atoms with Crippen molar-refractivity contribution in [2.24, 2.45) is 23.7 Å². The number of hydrogen-bond donors (Lipinski definition) is 2. The van der Waals surface area contributed by atoms with Crippen LogP contribution < -0.4 is 10.6 Å². The second kappa shape index (κ2) is 3.22. The van der Waals surface area contributed by atoms with E-state index < -0.39 is 0 Å². The third kappa shape index (κ3) is 1.21. The van der Waals surface area contributed by atoms with Gasteiger partial charge in [0.2, 0.25) is 5.91 Å². The lowest BCUT2D eigenvalue weighted by molar-refractivity contribution is -0.123. The number of hydrogen-bond acceptors (Lipinski definition) is 2. The van der Waals surface area contributed by atoms with Crippen molar-refractivity contribution in [3.8, 4) is 0 Å². The van der Waals surface area contributed by atoms with Crippen LogP contribution in [0.1, 0.15) is 32.1 Å². The molecular weight excluding hydrogens is 200 g/mol. The van der Waals surface area contributed by atoms with Crippen LogP contribution in [0.25, 0.3) is 0 Å². The summed E-state index contributed by atoms with van der Waals surface area (Å²) in [5, 5.41) is 6.58. The molecule has 4 unspecified atom stereocenters. The Labute approximate surface area is 96.4 Å². The van der Waals surface area contributed by atoms with Crippen molar-refractivity contribution >= 4 is 5.91 Å². The van der Waals surface area contributed by atoms with E-state index in [1.807, 2.05) is 0 Å². The molecule has 3 nitrogen and oxygen atoms in total. The zero-order chi connectivity index (χ0) is 10.7. The molecular formula is C13H20N2O. The summed E-state index contributed by atoms with van der Waals surface area (Å²) in [5.41, 5.74) is 0. The molecule has 1 heterocycles. The molecule has 1 amide bonds. The van der Waals surface area contributed by atoms with Crippen molar-refractivity contribution in [3.63, 3.8) is 0 Å². The molecule has 3 saturated carbocycles. The molecule has 0 aromatic carbocycles. The maximum Gasteiger partial charge on any atom is 0.237 e. The van der Waals surface area contributed by atoms with Crippen LogP contribution in [-0.2, 0) is 4.79 Å².